The quantitative estimate of drug-likeness (QED) is 0.592. The highest BCUT2D eigenvalue weighted by molar-refractivity contribution is 7.89. The number of nitrogens with zero attached hydrogens (tertiary/aromatic N) is 1. The van der Waals surface area contributed by atoms with Crippen molar-refractivity contribution in [3.63, 3.8) is 0 Å². The highest BCUT2D eigenvalue weighted by Gasteiger charge is 2.24. The lowest BCUT2D eigenvalue weighted by atomic mass is 10.3. The molecule has 19 heavy (non-hydrogen) atoms. The number of thiophene rings is 1. The van der Waals surface area contributed by atoms with Crippen molar-refractivity contribution < 1.29 is 8.42 Å². The number of unbranched alkanes of at least 4 members (excludes halogenated alkanes) is 1. The molecule has 1 rings (SSSR count). The zero-order valence-electron chi connectivity index (χ0n) is 11.8. The van der Waals surface area contributed by atoms with Crippen LogP contribution in [0.3, 0.4) is 0 Å². The molecular weight excluding hydrogens is 280 g/mol. The number of allylic oxidation sites excluding steroid dienone is 1. The van der Waals surface area contributed by atoms with E-state index in [4.69, 9.17) is 0 Å². The van der Waals surface area contributed by atoms with Crippen LogP contribution in [0.15, 0.2) is 23.6 Å². The molecule has 0 radical (unpaired) electrons. The van der Waals surface area contributed by atoms with E-state index in [1.54, 1.807) is 19.2 Å². The zero-order valence-corrected chi connectivity index (χ0v) is 13.4. The summed E-state index contributed by atoms with van der Waals surface area (Å²) >= 11 is 1.53. The summed E-state index contributed by atoms with van der Waals surface area (Å²) in [6.45, 7) is 6.71. The summed E-state index contributed by atoms with van der Waals surface area (Å²) in [6, 6.07) is 1.77. The fourth-order valence-electron chi connectivity index (χ4n) is 1.79. The molecule has 0 saturated carbocycles. The van der Waals surface area contributed by atoms with Crippen molar-refractivity contribution in [2.24, 2.45) is 0 Å². The Balaban J connectivity index is 2.89. The van der Waals surface area contributed by atoms with Crippen LogP contribution in [0.1, 0.15) is 22.6 Å². The van der Waals surface area contributed by atoms with Crippen LogP contribution >= 0.6 is 11.3 Å². The van der Waals surface area contributed by atoms with Gasteiger partial charge in [0.2, 0.25) is 10.0 Å². The maximum Gasteiger partial charge on any atom is 0.243 e. The minimum atomic E-state index is -3.37. The molecule has 0 fully saturated rings. The predicted molar refractivity (Wildman–Crippen MR) is 81.1 cm³/mol. The van der Waals surface area contributed by atoms with Gasteiger partial charge in [-0.1, -0.05) is 6.08 Å². The maximum absolute atomic E-state index is 12.5. The monoisotopic (exact) mass is 302 g/mol. The lowest BCUT2D eigenvalue weighted by Gasteiger charge is -2.16. The molecule has 0 atom stereocenters. The maximum atomic E-state index is 12.5. The molecule has 1 aromatic rings. The molecule has 0 bridgehead atoms. The van der Waals surface area contributed by atoms with Crippen molar-refractivity contribution >= 4 is 21.4 Å². The number of hydrogen-bond donors (Lipinski definition) is 1. The van der Waals surface area contributed by atoms with Crippen molar-refractivity contribution in [3.8, 4) is 0 Å². The van der Waals surface area contributed by atoms with Crippen molar-refractivity contribution in [2.45, 2.75) is 31.2 Å². The Kier molecular flexibility index (Phi) is 6.19. The fraction of sp³-hybridized carbons (Fsp3) is 0.538. The van der Waals surface area contributed by atoms with Crippen LogP contribution in [0.2, 0.25) is 0 Å². The second kappa shape index (κ2) is 7.19. The highest BCUT2D eigenvalue weighted by Crippen LogP contribution is 2.27. The van der Waals surface area contributed by atoms with Crippen LogP contribution < -0.4 is 5.32 Å². The Morgan fingerprint density at radius 1 is 1.53 bits per heavy atom. The molecule has 1 aromatic heterocycles. The SMILES string of the molecule is C=CCCCN(C)S(=O)(=O)c1cc(CNC)sc1C. The molecule has 1 heterocycles. The van der Waals surface area contributed by atoms with Gasteiger partial charge in [-0.25, -0.2) is 12.7 Å². The molecule has 4 nitrogen and oxygen atoms in total. The Bertz CT molecular complexity index is 521. The van der Waals surface area contributed by atoms with E-state index >= 15 is 0 Å². The van der Waals surface area contributed by atoms with Crippen molar-refractivity contribution in [2.75, 3.05) is 20.6 Å². The first kappa shape index (κ1) is 16.4. The topological polar surface area (TPSA) is 49.4 Å². The van der Waals surface area contributed by atoms with Crippen LogP contribution in [0, 0.1) is 6.92 Å². The lowest BCUT2D eigenvalue weighted by molar-refractivity contribution is 0.462. The van der Waals surface area contributed by atoms with Gasteiger partial charge in [0.15, 0.2) is 0 Å². The molecule has 6 heteroatoms. The molecule has 0 amide bonds. The summed E-state index contributed by atoms with van der Waals surface area (Å²) in [4.78, 5) is 2.32. The molecule has 0 aromatic carbocycles. The van der Waals surface area contributed by atoms with Gasteiger partial charge in [-0.05, 0) is 32.9 Å². The van der Waals surface area contributed by atoms with Crippen LogP contribution in [0.4, 0.5) is 0 Å². The third-order valence-corrected chi connectivity index (χ3v) is 6.01. The van der Waals surface area contributed by atoms with Crippen LogP contribution in [-0.4, -0.2) is 33.4 Å². The second-order valence-electron chi connectivity index (χ2n) is 4.42. The number of nitrogens with one attached hydrogen (secondary N) is 1. The first-order valence-corrected chi connectivity index (χ1v) is 8.50. The van der Waals surface area contributed by atoms with Crippen molar-refractivity contribution in [3.05, 3.63) is 28.5 Å². The fourth-order valence-corrected chi connectivity index (χ4v) is 4.61. The Morgan fingerprint density at radius 2 is 2.21 bits per heavy atom. The normalized spacial score (nSPS) is 12.0. The molecule has 0 aliphatic heterocycles. The Hall–Kier alpha value is -0.690. The second-order valence-corrected chi connectivity index (χ2v) is 7.78. The summed E-state index contributed by atoms with van der Waals surface area (Å²) in [5.41, 5.74) is 0. The van der Waals surface area contributed by atoms with Gasteiger partial charge in [-0.2, -0.15) is 0 Å². The van der Waals surface area contributed by atoms with E-state index in [0.29, 0.717) is 18.0 Å². The molecule has 1 N–H and O–H groups in total. The van der Waals surface area contributed by atoms with Gasteiger partial charge in [0.1, 0.15) is 0 Å². The average Bonchev–Trinajstić information content (AvgIpc) is 2.71. The molecule has 0 unspecified atom stereocenters. The minimum absolute atomic E-state index is 0.434. The van der Waals surface area contributed by atoms with Crippen LogP contribution in [0.5, 0.6) is 0 Å². The molecule has 108 valence electrons. The number of aryl methyl sites for hydroxylation is 1. The van der Waals surface area contributed by atoms with E-state index in [1.807, 2.05) is 14.0 Å². The number of hydrogen-bond acceptors (Lipinski definition) is 4. The first-order valence-electron chi connectivity index (χ1n) is 6.24. The number of rotatable bonds is 8. The van der Waals surface area contributed by atoms with E-state index in [-0.39, 0.29) is 0 Å². The smallest absolute Gasteiger partial charge is 0.243 e. The molecule has 0 spiro atoms. The van der Waals surface area contributed by atoms with Gasteiger partial charge < -0.3 is 5.32 Å². The molecular formula is C13H22N2O2S2. The minimum Gasteiger partial charge on any atom is -0.315 e. The Morgan fingerprint density at radius 3 is 2.79 bits per heavy atom. The van der Waals surface area contributed by atoms with Gasteiger partial charge in [-0.3, -0.25) is 0 Å². The average molecular weight is 302 g/mol. The third-order valence-electron chi connectivity index (χ3n) is 2.84. The van der Waals surface area contributed by atoms with E-state index in [0.717, 1.165) is 22.6 Å². The van der Waals surface area contributed by atoms with Gasteiger partial charge in [0.05, 0.1) is 4.90 Å². The molecule has 0 aliphatic carbocycles. The standard InChI is InChI=1S/C13H22N2O2S2/c1-5-6-7-8-15(4)19(16,17)13-9-12(10-14-3)18-11(13)2/h5,9,14H,1,6-8,10H2,2-4H3. The molecule has 0 aliphatic rings. The van der Waals surface area contributed by atoms with Gasteiger partial charge in [0.25, 0.3) is 0 Å². The van der Waals surface area contributed by atoms with Crippen molar-refractivity contribution in [1.82, 2.24) is 9.62 Å². The number of sulfonamides is 1. The summed E-state index contributed by atoms with van der Waals surface area (Å²) in [6.07, 6.45) is 3.43. The van der Waals surface area contributed by atoms with E-state index in [1.165, 1.54) is 15.6 Å². The summed E-state index contributed by atoms with van der Waals surface area (Å²) in [7, 11) is 0.118. The van der Waals surface area contributed by atoms with E-state index < -0.39 is 10.0 Å². The lowest BCUT2D eigenvalue weighted by Crippen LogP contribution is -2.28. The largest absolute Gasteiger partial charge is 0.315 e. The third kappa shape index (κ3) is 4.14. The summed E-state index contributed by atoms with van der Waals surface area (Å²) in [5.74, 6) is 0. The first-order chi connectivity index (χ1) is 8.93. The van der Waals surface area contributed by atoms with E-state index in [9.17, 15) is 8.42 Å². The van der Waals surface area contributed by atoms with E-state index in [2.05, 4.69) is 11.9 Å². The zero-order chi connectivity index (χ0) is 14.5. The summed E-state index contributed by atoms with van der Waals surface area (Å²) < 4.78 is 26.3. The summed E-state index contributed by atoms with van der Waals surface area (Å²) in [5, 5.41) is 3.04. The Labute approximate surface area is 120 Å². The van der Waals surface area contributed by atoms with Gasteiger partial charge in [-0.15, -0.1) is 17.9 Å². The van der Waals surface area contributed by atoms with Crippen LogP contribution in [-0.2, 0) is 16.6 Å². The van der Waals surface area contributed by atoms with Crippen molar-refractivity contribution in [1.29, 1.82) is 0 Å². The van der Waals surface area contributed by atoms with Gasteiger partial charge >= 0.3 is 0 Å². The van der Waals surface area contributed by atoms with Crippen LogP contribution in [0.25, 0.3) is 0 Å². The highest BCUT2D eigenvalue weighted by atomic mass is 32.2. The van der Waals surface area contributed by atoms with Gasteiger partial charge in [0, 0.05) is 29.9 Å². The molecule has 0 saturated heterocycles. The predicted octanol–water partition coefficient (Wildman–Crippen LogP) is 2.36.